The Labute approximate surface area is 152 Å². The van der Waals surface area contributed by atoms with E-state index in [2.05, 4.69) is 4.98 Å². The van der Waals surface area contributed by atoms with E-state index < -0.39 is 29.3 Å². The van der Waals surface area contributed by atoms with Gasteiger partial charge in [-0.25, -0.2) is 14.6 Å². The molecule has 3 atom stereocenters. The van der Waals surface area contributed by atoms with E-state index in [0.29, 0.717) is 11.1 Å². The van der Waals surface area contributed by atoms with Crippen molar-refractivity contribution in [3.05, 3.63) is 30.2 Å². The number of amides is 1. The smallest absolute Gasteiger partial charge is 0.411 e. The van der Waals surface area contributed by atoms with E-state index in [9.17, 15) is 14.7 Å². The van der Waals surface area contributed by atoms with Crippen LogP contribution in [0.5, 0.6) is 0 Å². The third-order valence-electron chi connectivity index (χ3n) is 4.05. The molecule has 0 saturated carbocycles. The average molecular weight is 380 g/mol. The van der Waals surface area contributed by atoms with Gasteiger partial charge in [0, 0.05) is 6.42 Å². The number of fused-ring (bicyclic) bond motifs is 1. The minimum atomic E-state index is -1.63. The molecular weight excluding hydrogens is 359 g/mol. The maximum atomic E-state index is 12.5. The molecule has 0 aliphatic carbocycles. The Balaban J connectivity index is 1.93. The maximum absolute atomic E-state index is 12.5. The Morgan fingerprint density at radius 1 is 1.38 bits per heavy atom. The van der Waals surface area contributed by atoms with Crippen molar-refractivity contribution in [2.75, 3.05) is 6.54 Å². The lowest BCUT2D eigenvalue weighted by molar-refractivity contribution is -0.138. The van der Waals surface area contributed by atoms with Crippen molar-refractivity contribution < 1.29 is 28.4 Å². The van der Waals surface area contributed by atoms with Crippen LogP contribution in [0.3, 0.4) is 0 Å². The second-order valence-corrected chi connectivity index (χ2v) is 7.52. The number of para-hydroxylation sites is 2. The zero-order valence-electron chi connectivity index (χ0n) is 14.8. The number of likely N-dealkylation sites (tertiary alicyclic amines) is 1. The van der Waals surface area contributed by atoms with E-state index >= 15 is 0 Å². The molecule has 1 fully saturated rings. The van der Waals surface area contributed by atoms with Crippen LogP contribution in [0.1, 0.15) is 33.1 Å². The van der Waals surface area contributed by atoms with Crippen LogP contribution in [0, 0.1) is 0 Å². The Bertz CT molecular complexity index is 812. The van der Waals surface area contributed by atoms with Gasteiger partial charge in [0.15, 0.2) is 11.2 Å². The molecule has 1 amide bonds. The molecule has 3 rings (SSSR count). The molecule has 2 aromatic rings. The summed E-state index contributed by atoms with van der Waals surface area (Å²) in [6.45, 7) is 4.96. The van der Waals surface area contributed by atoms with Crippen molar-refractivity contribution in [3.63, 3.8) is 0 Å². The summed E-state index contributed by atoms with van der Waals surface area (Å²) >= 11 is 0. The fraction of sp³-hybridized carbons (Fsp3) is 0.471. The quantitative estimate of drug-likeness (QED) is 0.798. The van der Waals surface area contributed by atoms with Gasteiger partial charge in [-0.3, -0.25) is 4.90 Å². The zero-order valence-corrected chi connectivity index (χ0v) is 15.9. The molecular formula is C17H21N2O6P. The number of β-amino-alcohol motifs (C(OH)–C–C–N with tert-alkyl or cyclic N) is 1. The Morgan fingerprint density at radius 3 is 2.69 bits per heavy atom. The monoisotopic (exact) mass is 380 g/mol. The molecule has 140 valence electrons. The van der Waals surface area contributed by atoms with E-state index in [1.807, 2.05) is 9.47 Å². The minimum absolute atomic E-state index is 0.0475. The normalized spacial score (nSPS) is 23.3. The summed E-state index contributed by atoms with van der Waals surface area (Å²) in [5, 5.41) is 11.1. The highest BCUT2D eigenvalue weighted by atomic mass is 31.0. The summed E-state index contributed by atoms with van der Waals surface area (Å²) in [5.41, 5.74) is -1.28. The first kappa shape index (κ1) is 18.6. The van der Waals surface area contributed by atoms with Crippen LogP contribution in [0.15, 0.2) is 28.7 Å². The van der Waals surface area contributed by atoms with Gasteiger partial charge in [-0.15, -0.1) is 0 Å². The first-order valence-corrected chi connectivity index (χ1v) is 8.59. The molecule has 1 unspecified atom stereocenters. The van der Waals surface area contributed by atoms with Gasteiger partial charge in [-0.05, 0) is 32.9 Å². The number of oxazole rings is 1. The fourth-order valence-corrected chi connectivity index (χ4v) is 3.07. The highest BCUT2D eigenvalue weighted by Crippen LogP contribution is 2.38. The average Bonchev–Trinajstić information content (AvgIpc) is 3.15. The van der Waals surface area contributed by atoms with Gasteiger partial charge in [0.05, 0.1) is 16.0 Å². The van der Waals surface area contributed by atoms with Crippen LogP contribution in [-0.4, -0.2) is 45.2 Å². The second kappa shape index (κ2) is 6.52. The topological polar surface area (TPSA) is 102 Å². The minimum Gasteiger partial charge on any atom is -0.450 e. The van der Waals surface area contributed by atoms with Crippen molar-refractivity contribution in [3.8, 4) is 0 Å². The van der Waals surface area contributed by atoms with Crippen LogP contribution < -0.4 is 0 Å². The zero-order chi connectivity index (χ0) is 19.1. The van der Waals surface area contributed by atoms with Gasteiger partial charge in [0.25, 0.3) is 0 Å². The van der Waals surface area contributed by atoms with Crippen molar-refractivity contribution in [1.82, 2.24) is 9.88 Å². The summed E-state index contributed by atoms with van der Waals surface area (Å²) < 4.78 is 15.7. The van der Waals surface area contributed by atoms with Gasteiger partial charge in [0.2, 0.25) is 5.89 Å². The summed E-state index contributed by atoms with van der Waals surface area (Å²) in [6, 6.07) is 6.05. The van der Waals surface area contributed by atoms with Gasteiger partial charge in [0.1, 0.15) is 17.2 Å². The summed E-state index contributed by atoms with van der Waals surface area (Å²) in [7, 11) is 1.85. The number of carbonyl (C=O) groups is 2. The highest BCUT2D eigenvalue weighted by Gasteiger charge is 2.53. The molecule has 1 aliphatic rings. The molecule has 2 heterocycles. The molecule has 0 radical (unpaired) electrons. The molecule has 1 saturated heterocycles. The highest BCUT2D eigenvalue weighted by molar-refractivity contribution is 7.10. The lowest BCUT2D eigenvalue weighted by Crippen LogP contribution is -2.44. The van der Waals surface area contributed by atoms with Crippen LogP contribution in [-0.2, 0) is 19.7 Å². The SMILES string of the molecule is CC(C)(C)OC(=O)N1C[C@](O)(c2nc3ccccc3o2)C[C@H]1C(=O)OP. The summed E-state index contributed by atoms with van der Waals surface area (Å²) in [4.78, 5) is 30.1. The second-order valence-electron chi connectivity index (χ2n) is 7.28. The number of nitrogens with zero attached hydrogens (tertiary/aromatic N) is 2. The number of aliphatic hydroxyl groups is 1. The van der Waals surface area contributed by atoms with E-state index in [4.69, 9.17) is 13.7 Å². The summed E-state index contributed by atoms with van der Waals surface area (Å²) in [5.74, 6) is -0.626. The van der Waals surface area contributed by atoms with Crippen LogP contribution in [0.4, 0.5) is 4.79 Å². The number of carbonyl (C=O) groups excluding carboxylic acids is 2. The molecule has 26 heavy (non-hydrogen) atoms. The van der Waals surface area contributed by atoms with Crippen molar-refractivity contribution in [2.45, 2.75) is 44.4 Å². The lowest BCUT2D eigenvalue weighted by Gasteiger charge is -2.27. The number of aromatic nitrogens is 1. The van der Waals surface area contributed by atoms with Crippen molar-refractivity contribution in [2.24, 2.45) is 0 Å². The van der Waals surface area contributed by atoms with Crippen LogP contribution in [0.25, 0.3) is 11.1 Å². The third kappa shape index (κ3) is 3.52. The number of benzene rings is 1. The van der Waals surface area contributed by atoms with Gasteiger partial charge < -0.3 is 18.8 Å². The lowest BCUT2D eigenvalue weighted by atomic mass is 10.0. The first-order chi connectivity index (χ1) is 12.1. The number of ether oxygens (including phenoxy) is 1. The van der Waals surface area contributed by atoms with Gasteiger partial charge >= 0.3 is 12.1 Å². The first-order valence-electron chi connectivity index (χ1n) is 8.11. The van der Waals surface area contributed by atoms with Crippen molar-refractivity contribution >= 4 is 32.6 Å². The maximum Gasteiger partial charge on any atom is 0.411 e. The van der Waals surface area contributed by atoms with Crippen LogP contribution >= 0.6 is 9.47 Å². The van der Waals surface area contributed by atoms with Gasteiger partial charge in [-0.2, -0.15) is 0 Å². The number of hydrogen-bond donors (Lipinski definition) is 1. The molecule has 0 spiro atoms. The standard InChI is InChI=1S/C17H21N2O6P/c1-16(2,3)24-15(21)19-9-17(22,8-11(19)13(20)25-26)14-18-10-6-4-5-7-12(10)23-14/h4-7,11,22H,8-9,26H2,1-3H3/t11-,17-/m0/s1. The van der Waals surface area contributed by atoms with E-state index in [1.165, 1.54) is 0 Å². The van der Waals surface area contributed by atoms with E-state index in [-0.39, 0.29) is 18.9 Å². The number of hydrogen-bond acceptors (Lipinski definition) is 7. The third-order valence-corrected chi connectivity index (χ3v) is 4.28. The van der Waals surface area contributed by atoms with Gasteiger partial charge in [-0.1, -0.05) is 12.1 Å². The van der Waals surface area contributed by atoms with E-state index in [1.54, 1.807) is 45.0 Å². The van der Waals surface area contributed by atoms with E-state index in [0.717, 1.165) is 4.90 Å². The predicted octanol–water partition coefficient (Wildman–Crippen LogP) is 2.36. The Morgan fingerprint density at radius 2 is 2.08 bits per heavy atom. The largest absolute Gasteiger partial charge is 0.450 e. The number of rotatable bonds is 2. The molecule has 1 aliphatic heterocycles. The molecule has 8 nitrogen and oxygen atoms in total. The Kier molecular flexibility index (Phi) is 4.67. The fourth-order valence-electron chi connectivity index (χ4n) is 2.91. The molecule has 1 N–H and O–H groups in total. The van der Waals surface area contributed by atoms with Crippen LogP contribution in [0.2, 0.25) is 0 Å². The molecule has 1 aromatic carbocycles. The van der Waals surface area contributed by atoms with Crippen molar-refractivity contribution in [1.29, 1.82) is 0 Å². The molecule has 9 heteroatoms. The summed E-state index contributed by atoms with van der Waals surface area (Å²) in [6.07, 6.45) is -0.823. The molecule has 0 bridgehead atoms. The molecule has 1 aromatic heterocycles. The Hall–Kier alpha value is -2.18. The predicted molar refractivity (Wildman–Crippen MR) is 95.1 cm³/mol.